The molecular weight excluding hydrogens is 190 g/mol. The predicted octanol–water partition coefficient (Wildman–Crippen LogP) is 2.43. The van der Waals surface area contributed by atoms with Gasteiger partial charge in [-0.1, -0.05) is 13.8 Å². The van der Waals surface area contributed by atoms with Gasteiger partial charge in [0, 0.05) is 24.8 Å². The molecule has 1 rings (SSSR count). The van der Waals surface area contributed by atoms with Crippen molar-refractivity contribution in [2.24, 2.45) is 5.92 Å². The van der Waals surface area contributed by atoms with Gasteiger partial charge in [-0.05, 0) is 18.9 Å². The van der Waals surface area contributed by atoms with Gasteiger partial charge < -0.3 is 14.5 Å². The largest absolute Gasteiger partial charge is 0.472 e. The first kappa shape index (κ1) is 12.3. The van der Waals surface area contributed by atoms with Gasteiger partial charge in [0.05, 0.1) is 19.1 Å². The van der Waals surface area contributed by atoms with Gasteiger partial charge in [-0.15, -0.1) is 0 Å². The van der Waals surface area contributed by atoms with Crippen LogP contribution >= 0.6 is 0 Å². The molecule has 1 heterocycles. The zero-order valence-electron chi connectivity index (χ0n) is 9.82. The molecule has 1 N–H and O–H groups in total. The van der Waals surface area contributed by atoms with Crippen LogP contribution in [0, 0.1) is 5.92 Å². The minimum Gasteiger partial charge on any atom is -0.472 e. The molecule has 0 radical (unpaired) electrons. The molecule has 0 bridgehead atoms. The minimum atomic E-state index is 0.374. The van der Waals surface area contributed by atoms with E-state index in [1.54, 1.807) is 12.5 Å². The Bertz CT molecular complexity index is 244. The zero-order valence-corrected chi connectivity index (χ0v) is 9.82. The monoisotopic (exact) mass is 211 g/mol. The summed E-state index contributed by atoms with van der Waals surface area (Å²) >= 11 is 0. The Morgan fingerprint density at radius 1 is 1.33 bits per heavy atom. The fraction of sp³-hybridized carbons (Fsp3) is 0.667. The molecule has 0 saturated carbocycles. The molecule has 0 aliphatic rings. The molecule has 1 unspecified atom stereocenters. The third-order valence-corrected chi connectivity index (χ3v) is 2.05. The molecule has 0 fully saturated rings. The molecule has 3 heteroatoms. The lowest BCUT2D eigenvalue weighted by Gasteiger charge is -2.14. The third-order valence-electron chi connectivity index (χ3n) is 2.05. The maximum atomic E-state index is 5.54. The van der Waals surface area contributed by atoms with Gasteiger partial charge in [-0.2, -0.15) is 0 Å². The fourth-order valence-electron chi connectivity index (χ4n) is 1.22. The van der Waals surface area contributed by atoms with E-state index in [4.69, 9.17) is 9.15 Å². The highest BCUT2D eigenvalue weighted by Gasteiger charge is 2.03. The van der Waals surface area contributed by atoms with E-state index in [9.17, 15) is 0 Å². The van der Waals surface area contributed by atoms with Gasteiger partial charge in [-0.25, -0.2) is 0 Å². The van der Waals surface area contributed by atoms with Crippen LogP contribution in [0.25, 0.3) is 0 Å². The summed E-state index contributed by atoms with van der Waals surface area (Å²) < 4.78 is 10.5. The Morgan fingerprint density at radius 2 is 2.13 bits per heavy atom. The first-order chi connectivity index (χ1) is 7.18. The van der Waals surface area contributed by atoms with Crippen molar-refractivity contribution in [2.45, 2.75) is 33.4 Å². The molecule has 1 atom stereocenters. The Kier molecular flexibility index (Phi) is 5.43. The summed E-state index contributed by atoms with van der Waals surface area (Å²) in [6.45, 7) is 8.87. The van der Waals surface area contributed by atoms with Crippen LogP contribution in [0.2, 0.25) is 0 Å². The number of hydrogen-bond donors (Lipinski definition) is 1. The summed E-state index contributed by atoms with van der Waals surface area (Å²) in [7, 11) is 0. The molecule has 1 aromatic heterocycles. The van der Waals surface area contributed by atoms with Crippen molar-refractivity contribution >= 4 is 0 Å². The maximum Gasteiger partial charge on any atom is 0.0947 e. The van der Waals surface area contributed by atoms with Crippen LogP contribution in [0.3, 0.4) is 0 Å². The van der Waals surface area contributed by atoms with Crippen LogP contribution in [0.1, 0.15) is 26.3 Å². The van der Waals surface area contributed by atoms with Crippen LogP contribution in [0.5, 0.6) is 0 Å². The molecule has 0 aliphatic carbocycles. The summed E-state index contributed by atoms with van der Waals surface area (Å²) in [4.78, 5) is 0. The van der Waals surface area contributed by atoms with Crippen LogP contribution < -0.4 is 5.32 Å². The average molecular weight is 211 g/mol. The molecule has 0 amide bonds. The quantitative estimate of drug-likeness (QED) is 0.752. The van der Waals surface area contributed by atoms with Crippen molar-refractivity contribution in [1.29, 1.82) is 0 Å². The van der Waals surface area contributed by atoms with Crippen molar-refractivity contribution in [3.05, 3.63) is 24.2 Å². The first-order valence-corrected chi connectivity index (χ1v) is 5.50. The molecule has 0 spiro atoms. The Hall–Kier alpha value is -0.800. The fourth-order valence-corrected chi connectivity index (χ4v) is 1.22. The van der Waals surface area contributed by atoms with Gasteiger partial charge in [-0.3, -0.25) is 0 Å². The molecule has 15 heavy (non-hydrogen) atoms. The van der Waals surface area contributed by atoms with Gasteiger partial charge in [0.15, 0.2) is 0 Å². The second kappa shape index (κ2) is 6.64. The number of hydrogen-bond acceptors (Lipinski definition) is 3. The lowest BCUT2D eigenvalue weighted by Crippen LogP contribution is -2.30. The van der Waals surface area contributed by atoms with E-state index < -0.39 is 0 Å². The minimum absolute atomic E-state index is 0.374. The van der Waals surface area contributed by atoms with Gasteiger partial charge in [0.2, 0.25) is 0 Å². The summed E-state index contributed by atoms with van der Waals surface area (Å²) in [6, 6.07) is 2.34. The van der Waals surface area contributed by atoms with E-state index in [-0.39, 0.29) is 0 Å². The summed E-state index contributed by atoms with van der Waals surface area (Å²) in [5.41, 5.74) is 1.17. The van der Waals surface area contributed by atoms with Gasteiger partial charge in [0.1, 0.15) is 0 Å². The lowest BCUT2D eigenvalue weighted by molar-refractivity contribution is 0.0935. The van der Waals surface area contributed by atoms with Crippen molar-refractivity contribution < 1.29 is 9.15 Å². The van der Waals surface area contributed by atoms with Crippen molar-refractivity contribution in [2.75, 3.05) is 13.2 Å². The molecule has 86 valence electrons. The number of rotatable bonds is 7. The van der Waals surface area contributed by atoms with Crippen LogP contribution in [0.4, 0.5) is 0 Å². The standard InChI is InChI=1S/C12H21NO2/c1-10(2)7-15-8-11(3)13-6-12-4-5-14-9-12/h4-5,9-11,13H,6-8H2,1-3H3. The smallest absolute Gasteiger partial charge is 0.0947 e. The third kappa shape index (κ3) is 5.60. The SMILES string of the molecule is CC(C)COCC(C)NCc1ccoc1. The summed E-state index contributed by atoms with van der Waals surface area (Å²) in [6.07, 6.45) is 3.45. The number of furan rings is 1. The van der Waals surface area contributed by atoms with E-state index in [1.165, 1.54) is 5.56 Å². The Morgan fingerprint density at radius 3 is 2.73 bits per heavy atom. The average Bonchev–Trinajstić information content (AvgIpc) is 2.66. The van der Waals surface area contributed by atoms with E-state index in [2.05, 4.69) is 26.1 Å². The summed E-state index contributed by atoms with van der Waals surface area (Å²) in [5.74, 6) is 0.603. The van der Waals surface area contributed by atoms with E-state index in [1.807, 2.05) is 6.07 Å². The van der Waals surface area contributed by atoms with Crippen LogP contribution in [0.15, 0.2) is 23.0 Å². The second-order valence-corrected chi connectivity index (χ2v) is 4.34. The van der Waals surface area contributed by atoms with Crippen molar-refractivity contribution in [1.82, 2.24) is 5.32 Å². The summed E-state index contributed by atoms with van der Waals surface area (Å²) in [5, 5.41) is 3.37. The Balaban J connectivity index is 2.06. The number of ether oxygens (including phenoxy) is 1. The van der Waals surface area contributed by atoms with Crippen molar-refractivity contribution in [3.63, 3.8) is 0 Å². The van der Waals surface area contributed by atoms with Gasteiger partial charge >= 0.3 is 0 Å². The molecule has 1 aromatic rings. The maximum absolute atomic E-state index is 5.54. The molecule has 0 aromatic carbocycles. The lowest BCUT2D eigenvalue weighted by atomic mass is 10.2. The predicted molar refractivity (Wildman–Crippen MR) is 60.7 cm³/mol. The molecule has 3 nitrogen and oxygen atoms in total. The molecular formula is C12H21NO2. The molecule has 0 aliphatic heterocycles. The highest BCUT2D eigenvalue weighted by molar-refractivity contribution is 5.04. The van der Waals surface area contributed by atoms with Gasteiger partial charge in [0.25, 0.3) is 0 Å². The number of nitrogens with one attached hydrogen (secondary N) is 1. The molecule has 0 saturated heterocycles. The Labute approximate surface area is 91.8 Å². The zero-order chi connectivity index (χ0) is 11.1. The van der Waals surface area contributed by atoms with Crippen LogP contribution in [-0.4, -0.2) is 19.3 Å². The van der Waals surface area contributed by atoms with Crippen LogP contribution in [-0.2, 0) is 11.3 Å². The van der Waals surface area contributed by atoms with E-state index >= 15 is 0 Å². The second-order valence-electron chi connectivity index (χ2n) is 4.34. The first-order valence-electron chi connectivity index (χ1n) is 5.50. The van der Waals surface area contributed by atoms with E-state index in [0.717, 1.165) is 19.8 Å². The van der Waals surface area contributed by atoms with Crippen molar-refractivity contribution in [3.8, 4) is 0 Å². The normalized spacial score (nSPS) is 13.3. The topological polar surface area (TPSA) is 34.4 Å². The highest BCUT2D eigenvalue weighted by atomic mass is 16.5. The van der Waals surface area contributed by atoms with E-state index in [0.29, 0.717) is 12.0 Å². The highest BCUT2D eigenvalue weighted by Crippen LogP contribution is 2.00.